The number of hydrogen-bond acceptors (Lipinski definition) is 5. The fourth-order valence-electron chi connectivity index (χ4n) is 4.57. The van der Waals surface area contributed by atoms with Crippen LogP contribution >= 0.6 is 0 Å². The molecule has 0 bridgehead atoms. The lowest BCUT2D eigenvalue weighted by atomic mass is 10.0. The standard InChI is InChI=1S/C27H28FN5O2/c1-35-18-33-25-8-3-2-7-24(25)31-26(33)17-32-13-11-22(12-14-32)30-27(34)20-9-10-23(29-16-20)19-5-4-6-21(28)15-19/h2-10,15-16,22H,11-14,17-18H2,1H3,(H,30,34). The minimum atomic E-state index is -0.312. The molecule has 1 N–H and O–H groups in total. The number of halogens is 1. The largest absolute Gasteiger partial charge is 0.364 e. The number of ether oxygens (including phenoxy) is 1. The van der Waals surface area contributed by atoms with Gasteiger partial charge in [-0.2, -0.15) is 0 Å². The van der Waals surface area contributed by atoms with Gasteiger partial charge in [-0.1, -0.05) is 24.3 Å². The first-order chi connectivity index (χ1) is 17.1. The molecule has 0 radical (unpaired) electrons. The molecular formula is C27H28FN5O2. The number of pyridine rings is 1. The average molecular weight is 474 g/mol. The highest BCUT2D eigenvalue weighted by Crippen LogP contribution is 2.21. The van der Waals surface area contributed by atoms with E-state index in [0.29, 0.717) is 23.6 Å². The van der Waals surface area contributed by atoms with Gasteiger partial charge in [0.05, 0.1) is 28.8 Å². The van der Waals surface area contributed by atoms with Crippen LogP contribution in [-0.4, -0.2) is 51.6 Å². The lowest BCUT2D eigenvalue weighted by molar-refractivity contribution is 0.0904. The Morgan fingerprint density at radius 3 is 2.69 bits per heavy atom. The van der Waals surface area contributed by atoms with Crippen molar-refractivity contribution in [2.75, 3.05) is 20.2 Å². The third-order valence-electron chi connectivity index (χ3n) is 6.43. The second-order valence-corrected chi connectivity index (χ2v) is 8.83. The summed E-state index contributed by atoms with van der Waals surface area (Å²) >= 11 is 0. The number of carbonyl (C=O) groups excluding carboxylic acids is 1. The molecule has 2 aromatic heterocycles. The van der Waals surface area contributed by atoms with Crippen LogP contribution in [0.2, 0.25) is 0 Å². The van der Waals surface area contributed by atoms with Crippen molar-refractivity contribution in [2.45, 2.75) is 32.2 Å². The number of nitrogens with one attached hydrogen (secondary N) is 1. The quantitative estimate of drug-likeness (QED) is 0.435. The third-order valence-corrected chi connectivity index (χ3v) is 6.43. The summed E-state index contributed by atoms with van der Waals surface area (Å²) in [6.45, 7) is 2.95. The lowest BCUT2D eigenvalue weighted by Gasteiger charge is -2.32. The molecule has 35 heavy (non-hydrogen) atoms. The van der Waals surface area contributed by atoms with Crippen molar-refractivity contribution in [3.63, 3.8) is 0 Å². The molecular weight excluding hydrogens is 445 g/mol. The summed E-state index contributed by atoms with van der Waals surface area (Å²) in [5, 5.41) is 3.13. The van der Waals surface area contributed by atoms with Gasteiger partial charge in [-0.15, -0.1) is 0 Å². The molecule has 4 aromatic rings. The van der Waals surface area contributed by atoms with Crippen LogP contribution in [0.15, 0.2) is 66.9 Å². The van der Waals surface area contributed by atoms with E-state index in [1.807, 2.05) is 18.2 Å². The summed E-state index contributed by atoms with van der Waals surface area (Å²) in [7, 11) is 1.69. The minimum Gasteiger partial charge on any atom is -0.364 e. The number of benzene rings is 2. The van der Waals surface area contributed by atoms with Crippen LogP contribution in [-0.2, 0) is 18.0 Å². The van der Waals surface area contributed by atoms with E-state index < -0.39 is 0 Å². The molecule has 7 nitrogen and oxygen atoms in total. The van der Waals surface area contributed by atoms with Gasteiger partial charge in [0.2, 0.25) is 0 Å². The summed E-state index contributed by atoms with van der Waals surface area (Å²) in [5.74, 6) is 0.539. The molecule has 8 heteroatoms. The molecule has 1 amide bonds. The number of nitrogens with zero attached hydrogens (tertiary/aromatic N) is 4. The molecule has 0 unspecified atom stereocenters. The lowest BCUT2D eigenvalue weighted by Crippen LogP contribution is -2.44. The van der Waals surface area contributed by atoms with Gasteiger partial charge in [-0.3, -0.25) is 14.7 Å². The van der Waals surface area contributed by atoms with Gasteiger partial charge in [0, 0.05) is 38.0 Å². The van der Waals surface area contributed by atoms with Gasteiger partial charge in [-0.25, -0.2) is 9.37 Å². The SMILES string of the molecule is COCn1c(CN2CCC(NC(=O)c3ccc(-c4cccc(F)c4)nc3)CC2)nc2ccccc21. The third kappa shape index (κ3) is 5.23. The molecule has 1 saturated heterocycles. The first kappa shape index (κ1) is 23.1. The Kier molecular flexibility index (Phi) is 6.83. The van der Waals surface area contributed by atoms with Crippen molar-refractivity contribution in [3.8, 4) is 11.3 Å². The van der Waals surface area contributed by atoms with Crippen LogP contribution in [0, 0.1) is 5.82 Å². The Labute approximate surface area is 203 Å². The van der Waals surface area contributed by atoms with Gasteiger partial charge < -0.3 is 14.6 Å². The number of carbonyl (C=O) groups is 1. The fraction of sp³-hybridized carbons (Fsp3) is 0.296. The molecule has 1 fully saturated rings. The predicted molar refractivity (Wildman–Crippen MR) is 132 cm³/mol. The number of fused-ring (bicyclic) bond motifs is 1. The van der Waals surface area contributed by atoms with E-state index in [0.717, 1.165) is 49.3 Å². The number of hydrogen-bond donors (Lipinski definition) is 1. The smallest absolute Gasteiger partial charge is 0.253 e. The highest BCUT2D eigenvalue weighted by Gasteiger charge is 2.23. The van der Waals surface area contributed by atoms with Crippen molar-refractivity contribution in [3.05, 3.63) is 84.1 Å². The molecule has 0 aliphatic carbocycles. The number of para-hydroxylation sites is 2. The van der Waals surface area contributed by atoms with Crippen molar-refractivity contribution < 1.29 is 13.9 Å². The number of rotatable bonds is 7. The van der Waals surface area contributed by atoms with Gasteiger partial charge in [-0.05, 0) is 49.2 Å². The summed E-state index contributed by atoms with van der Waals surface area (Å²) in [4.78, 5) is 24.3. The van der Waals surface area contributed by atoms with E-state index in [-0.39, 0.29) is 17.8 Å². The van der Waals surface area contributed by atoms with E-state index in [1.165, 1.54) is 12.1 Å². The van der Waals surface area contributed by atoms with Crippen LogP contribution in [0.4, 0.5) is 4.39 Å². The number of likely N-dealkylation sites (tertiary alicyclic amines) is 1. The van der Waals surface area contributed by atoms with E-state index >= 15 is 0 Å². The zero-order valence-electron chi connectivity index (χ0n) is 19.7. The van der Waals surface area contributed by atoms with Crippen molar-refractivity contribution in [1.82, 2.24) is 24.8 Å². The van der Waals surface area contributed by atoms with Gasteiger partial charge in [0.25, 0.3) is 5.91 Å². The summed E-state index contributed by atoms with van der Waals surface area (Å²) < 4.78 is 21.0. The summed E-state index contributed by atoms with van der Waals surface area (Å²) in [5.41, 5.74) is 3.86. The average Bonchev–Trinajstić information content (AvgIpc) is 3.22. The summed E-state index contributed by atoms with van der Waals surface area (Å²) in [6, 6.07) is 17.9. The van der Waals surface area contributed by atoms with Crippen LogP contribution in [0.5, 0.6) is 0 Å². The second kappa shape index (κ2) is 10.3. The molecule has 0 atom stereocenters. The summed E-state index contributed by atoms with van der Waals surface area (Å²) in [6.07, 6.45) is 3.28. The van der Waals surface area contributed by atoms with Crippen molar-refractivity contribution >= 4 is 16.9 Å². The maximum absolute atomic E-state index is 13.5. The number of aromatic nitrogens is 3. The number of methoxy groups -OCH3 is 1. The Hall–Kier alpha value is -3.62. The van der Waals surface area contributed by atoms with Crippen molar-refractivity contribution in [1.29, 1.82) is 0 Å². The molecule has 2 aromatic carbocycles. The molecule has 1 aliphatic heterocycles. The molecule has 1 aliphatic rings. The topological polar surface area (TPSA) is 72.3 Å². The number of amides is 1. The first-order valence-electron chi connectivity index (χ1n) is 11.8. The Morgan fingerprint density at radius 1 is 1.11 bits per heavy atom. The highest BCUT2D eigenvalue weighted by molar-refractivity contribution is 5.94. The van der Waals surface area contributed by atoms with Crippen LogP contribution in [0.25, 0.3) is 22.3 Å². The van der Waals surface area contributed by atoms with Crippen LogP contribution in [0.3, 0.4) is 0 Å². The van der Waals surface area contributed by atoms with Gasteiger partial charge in [0.15, 0.2) is 0 Å². The molecule has 0 saturated carbocycles. The monoisotopic (exact) mass is 473 g/mol. The normalized spacial score (nSPS) is 14.9. The Bertz CT molecular complexity index is 1310. The fourth-order valence-corrected chi connectivity index (χ4v) is 4.57. The van der Waals surface area contributed by atoms with Gasteiger partial charge >= 0.3 is 0 Å². The Balaban J connectivity index is 1.16. The predicted octanol–water partition coefficient (Wildman–Crippen LogP) is 4.24. The number of piperidine rings is 1. The van der Waals surface area contributed by atoms with Gasteiger partial charge in [0.1, 0.15) is 18.4 Å². The Morgan fingerprint density at radius 2 is 1.94 bits per heavy atom. The first-order valence-corrected chi connectivity index (χ1v) is 11.8. The van der Waals surface area contributed by atoms with Crippen LogP contribution < -0.4 is 5.32 Å². The van der Waals surface area contributed by atoms with Crippen molar-refractivity contribution in [2.24, 2.45) is 0 Å². The van der Waals surface area contributed by atoms with E-state index in [9.17, 15) is 9.18 Å². The minimum absolute atomic E-state index is 0.111. The highest BCUT2D eigenvalue weighted by atomic mass is 19.1. The zero-order chi connectivity index (χ0) is 24.2. The number of imidazole rings is 1. The van der Waals surface area contributed by atoms with E-state index in [1.54, 1.807) is 37.6 Å². The second-order valence-electron chi connectivity index (χ2n) is 8.83. The molecule has 0 spiro atoms. The van der Waals surface area contributed by atoms with E-state index in [2.05, 4.69) is 25.8 Å². The maximum atomic E-state index is 13.5. The van der Waals surface area contributed by atoms with Crippen LogP contribution in [0.1, 0.15) is 29.0 Å². The zero-order valence-corrected chi connectivity index (χ0v) is 19.7. The maximum Gasteiger partial charge on any atom is 0.253 e. The molecule has 180 valence electrons. The molecule has 5 rings (SSSR count). The van der Waals surface area contributed by atoms with E-state index in [4.69, 9.17) is 9.72 Å². The molecule has 3 heterocycles.